The number of aryl methyl sites for hydroxylation is 1. The lowest BCUT2D eigenvalue weighted by Crippen LogP contribution is -2.11. The number of nitrogens with one attached hydrogen (secondary N) is 1. The van der Waals surface area contributed by atoms with Crippen LogP contribution in [0.2, 0.25) is 0 Å². The van der Waals surface area contributed by atoms with Crippen molar-refractivity contribution in [3.8, 4) is 0 Å². The highest BCUT2D eigenvalue weighted by atomic mass is 32.1. The molecule has 0 aliphatic carbocycles. The van der Waals surface area contributed by atoms with Crippen LogP contribution in [0.4, 0.5) is 18.3 Å². The van der Waals surface area contributed by atoms with Gasteiger partial charge in [-0.15, -0.1) is 11.3 Å². The fourth-order valence-electron chi connectivity index (χ4n) is 2.45. The minimum Gasteiger partial charge on any atom is -0.298 e. The number of hydrogen-bond acceptors (Lipinski definition) is 3. The van der Waals surface area contributed by atoms with Gasteiger partial charge in [-0.05, 0) is 30.7 Å². The summed E-state index contributed by atoms with van der Waals surface area (Å²) in [7, 11) is 0. The van der Waals surface area contributed by atoms with Gasteiger partial charge in [-0.3, -0.25) is 10.1 Å². The molecule has 0 atom stereocenters. The fraction of sp³-hybridized carbons (Fsp3) is 0.158. The van der Waals surface area contributed by atoms with Crippen molar-refractivity contribution in [2.45, 2.75) is 19.5 Å². The summed E-state index contributed by atoms with van der Waals surface area (Å²) >= 11 is 1.27. The molecule has 26 heavy (non-hydrogen) atoms. The number of anilines is 1. The molecule has 0 saturated heterocycles. The van der Waals surface area contributed by atoms with Crippen molar-refractivity contribution < 1.29 is 18.0 Å². The number of hydrogen-bond donors (Lipinski definition) is 1. The number of carbonyl (C=O) groups is 1. The summed E-state index contributed by atoms with van der Waals surface area (Å²) in [6.07, 6.45) is -4.04. The standard InChI is InChI=1S/C19H15F3N2OS/c1-12-16(11-13-6-5-9-15(10-13)19(20,21)22)26-18(23-12)24-17(25)14-7-3-2-4-8-14/h2-10H,11H2,1H3,(H,23,24,25). The van der Waals surface area contributed by atoms with Crippen molar-refractivity contribution in [2.24, 2.45) is 0 Å². The van der Waals surface area contributed by atoms with E-state index in [0.29, 0.717) is 28.4 Å². The van der Waals surface area contributed by atoms with Crippen LogP contribution in [-0.2, 0) is 12.6 Å². The van der Waals surface area contributed by atoms with Gasteiger partial charge in [0.15, 0.2) is 5.13 Å². The number of amides is 1. The van der Waals surface area contributed by atoms with Gasteiger partial charge >= 0.3 is 6.18 Å². The first-order chi connectivity index (χ1) is 12.3. The molecule has 3 rings (SSSR count). The van der Waals surface area contributed by atoms with Crippen molar-refractivity contribution in [1.82, 2.24) is 4.98 Å². The molecule has 1 N–H and O–H groups in total. The van der Waals surface area contributed by atoms with Gasteiger partial charge in [-0.1, -0.05) is 36.4 Å². The molecule has 0 bridgehead atoms. The molecule has 7 heteroatoms. The summed E-state index contributed by atoms with van der Waals surface area (Å²) in [5, 5.41) is 3.16. The largest absolute Gasteiger partial charge is 0.416 e. The van der Waals surface area contributed by atoms with Crippen LogP contribution in [0.3, 0.4) is 0 Å². The van der Waals surface area contributed by atoms with Gasteiger partial charge in [0.1, 0.15) is 0 Å². The van der Waals surface area contributed by atoms with E-state index in [4.69, 9.17) is 0 Å². The Labute approximate surface area is 152 Å². The molecule has 1 aromatic heterocycles. The van der Waals surface area contributed by atoms with Crippen LogP contribution < -0.4 is 5.32 Å². The number of aromatic nitrogens is 1. The first kappa shape index (κ1) is 18.1. The predicted octanol–water partition coefficient (Wildman–Crippen LogP) is 5.31. The van der Waals surface area contributed by atoms with Gasteiger partial charge in [0.25, 0.3) is 5.91 Å². The molecule has 0 spiro atoms. The van der Waals surface area contributed by atoms with Crippen LogP contribution in [0.5, 0.6) is 0 Å². The molecular weight excluding hydrogens is 361 g/mol. The van der Waals surface area contributed by atoms with E-state index < -0.39 is 11.7 Å². The zero-order chi connectivity index (χ0) is 18.7. The molecule has 0 radical (unpaired) electrons. The molecule has 2 aromatic carbocycles. The number of carbonyl (C=O) groups excluding carboxylic acids is 1. The van der Waals surface area contributed by atoms with Crippen molar-refractivity contribution in [3.63, 3.8) is 0 Å². The third-order valence-corrected chi connectivity index (χ3v) is 4.84. The zero-order valence-electron chi connectivity index (χ0n) is 13.8. The van der Waals surface area contributed by atoms with Crippen LogP contribution in [0, 0.1) is 6.92 Å². The highest BCUT2D eigenvalue weighted by molar-refractivity contribution is 7.15. The van der Waals surface area contributed by atoms with Crippen LogP contribution in [0.15, 0.2) is 54.6 Å². The molecule has 1 heterocycles. The summed E-state index contributed by atoms with van der Waals surface area (Å²) in [5.74, 6) is -0.273. The molecule has 0 unspecified atom stereocenters. The van der Waals surface area contributed by atoms with E-state index in [1.165, 1.54) is 17.4 Å². The van der Waals surface area contributed by atoms with E-state index in [1.54, 1.807) is 37.3 Å². The highest BCUT2D eigenvalue weighted by Crippen LogP contribution is 2.31. The van der Waals surface area contributed by atoms with Crippen LogP contribution in [0.25, 0.3) is 0 Å². The zero-order valence-corrected chi connectivity index (χ0v) is 14.6. The van der Waals surface area contributed by atoms with Crippen LogP contribution in [0.1, 0.15) is 32.1 Å². The number of halogens is 3. The lowest BCUT2D eigenvalue weighted by atomic mass is 10.1. The maximum Gasteiger partial charge on any atom is 0.416 e. The van der Waals surface area contributed by atoms with Crippen LogP contribution in [-0.4, -0.2) is 10.9 Å². The third-order valence-electron chi connectivity index (χ3n) is 3.77. The minimum absolute atomic E-state index is 0.273. The highest BCUT2D eigenvalue weighted by Gasteiger charge is 2.30. The smallest absolute Gasteiger partial charge is 0.298 e. The average molecular weight is 376 g/mol. The Hall–Kier alpha value is -2.67. The van der Waals surface area contributed by atoms with Gasteiger partial charge < -0.3 is 0 Å². The summed E-state index contributed by atoms with van der Waals surface area (Å²) in [6, 6.07) is 14.0. The Morgan fingerprint density at radius 1 is 1.12 bits per heavy atom. The van der Waals surface area contributed by atoms with Crippen molar-refractivity contribution in [1.29, 1.82) is 0 Å². The van der Waals surface area contributed by atoms with E-state index in [0.717, 1.165) is 17.0 Å². The van der Waals surface area contributed by atoms with E-state index in [9.17, 15) is 18.0 Å². The normalized spacial score (nSPS) is 11.4. The van der Waals surface area contributed by atoms with Crippen LogP contribution >= 0.6 is 11.3 Å². The predicted molar refractivity (Wildman–Crippen MR) is 95.5 cm³/mol. The maximum atomic E-state index is 12.8. The Morgan fingerprint density at radius 3 is 2.54 bits per heavy atom. The monoisotopic (exact) mass is 376 g/mol. The number of nitrogens with zero attached hydrogens (tertiary/aromatic N) is 1. The Bertz CT molecular complexity index is 920. The van der Waals surface area contributed by atoms with E-state index in [2.05, 4.69) is 10.3 Å². The Morgan fingerprint density at radius 2 is 1.85 bits per heavy atom. The van der Waals surface area contributed by atoms with Gasteiger partial charge in [0.05, 0.1) is 11.3 Å². The van der Waals surface area contributed by atoms with Crippen molar-refractivity contribution in [3.05, 3.63) is 81.9 Å². The number of alkyl halides is 3. The van der Waals surface area contributed by atoms with E-state index in [1.807, 2.05) is 6.07 Å². The molecule has 1 amide bonds. The lowest BCUT2D eigenvalue weighted by Gasteiger charge is -2.08. The topological polar surface area (TPSA) is 42.0 Å². The first-order valence-corrected chi connectivity index (χ1v) is 8.63. The minimum atomic E-state index is -4.37. The molecule has 0 fully saturated rings. The molecule has 0 aliphatic rings. The fourth-order valence-corrected chi connectivity index (χ4v) is 3.44. The molecule has 0 saturated carbocycles. The molecule has 0 aliphatic heterocycles. The second-order valence-corrected chi connectivity index (χ2v) is 6.81. The van der Waals surface area contributed by atoms with E-state index in [-0.39, 0.29) is 5.91 Å². The molecule has 3 aromatic rings. The molecular formula is C19H15F3N2OS. The quantitative estimate of drug-likeness (QED) is 0.670. The number of thiazole rings is 1. The SMILES string of the molecule is Cc1nc(NC(=O)c2ccccc2)sc1Cc1cccc(C(F)(F)F)c1. The second kappa shape index (κ2) is 7.29. The van der Waals surface area contributed by atoms with Gasteiger partial charge in [0.2, 0.25) is 0 Å². The van der Waals surface area contributed by atoms with E-state index >= 15 is 0 Å². The average Bonchev–Trinajstić information content (AvgIpc) is 2.94. The van der Waals surface area contributed by atoms with Crippen molar-refractivity contribution >= 4 is 22.4 Å². The first-order valence-electron chi connectivity index (χ1n) is 7.82. The number of benzene rings is 2. The third kappa shape index (κ3) is 4.29. The van der Waals surface area contributed by atoms with Crippen molar-refractivity contribution in [2.75, 3.05) is 5.32 Å². The summed E-state index contributed by atoms with van der Waals surface area (Å²) in [6.45, 7) is 1.78. The maximum absolute atomic E-state index is 12.8. The molecule has 3 nitrogen and oxygen atoms in total. The molecule has 134 valence electrons. The van der Waals surface area contributed by atoms with Gasteiger partial charge in [-0.2, -0.15) is 13.2 Å². The summed E-state index contributed by atoms with van der Waals surface area (Å²) in [5.41, 5.74) is 1.08. The lowest BCUT2D eigenvalue weighted by molar-refractivity contribution is -0.137. The van der Waals surface area contributed by atoms with Gasteiger partial charge in [-0.25, -0.2) is 4.98 Å². The summed E-state index contributed by atoms with van der Waals surface area (Å²) in [4.78, 5) is 17.3. The number of rotatable bonds is 4. The Kier molecular flexibility index (Phi) is 5.08. The Balaban J connectivity index is 1.76. The van der Waals surface area contributed by atoms with Gasteiger partial charge in [0, 0.05) is 16.9 Å². The second-order valence-electron chi connectivity index (χ2n) is 5.72. The summed E-state index contributed by atoms with van der Waals surface area (Å²) < 4.78 is 38.5.